The van der Waals surface area contributed by atoms with Gasteiger partial charge in [-0.15, -0.1) is 0 Å². The van der Waals surface area contributed by atoms with Gasteiger partial charge in [-0.05, 0) is 26.0 Å². The van der Waals surface area contributed by atoms with E-state index in [2.05, 4.69) is 20.6 Å². The summed E-state index contributed by atoms with van der Waals surface area (Å²) in [6.45, 7) is 4.82. The van der Waals surface area contributed by atoms with Crippen molar-refractivity contribution in [3.8, 4) is 0 Å². The number of aromatic nitrogens is 2. The Morgan fingerprint density at radius 2 is 2.15 bits per heavy atom. The number of nitrogens with two attached hydrogens (primary N) is 1. The highest BCUT2D eigenvalue weighted by Crippen LogP contribution is 2.18. The Labute approximate surface area is 116 Å². The van der Waals surface area contributed by atoms with E-state index in [0.29, 0.717) is 25.0 Å². The molecule has 0 saturated carbocycles. The van der Waals surface area contributed by atoms with Gasteiger partial charge in [-0.25, -0.2) is 14.3 Å². The maximum absolute atomic E-state index is 11.7. The van der Waals surface area contributed by atoms with Crippen molar-refractivity contribution in [2.75, 3.05) is 18.4 Å². The van der Waals surface area contributed by atoms with Gasteiger partial charge in [-0.1, -0.05) is 12.1 Å². The average Bonchev–Trinajstić information content (AvgIpc) is 2.76. The Morgan fingerprint density at radius 3 is 2.85 bits per heavy atom. The lowest BCUT2D eigenvalue weighted by molar-refractivity contribution is 0.252. The lowest BCUT2D eigenvalue weighted by atomic mass is 10.3. The number of benzene rings is 1. The summed E-state index contributed by atoms with van der Waals surface area (Å²) in [5.74, 6) is 0.653. The van der Waals surface area contributed by atoms with E-state index in [1.807, 2.05) is 38.1 Å². The molecule has 4 N–H and O–H groups in total. The van der Waals surface area contributed by atoms with Gasteiger partial charge in [0.2, 0.25) is 11.9 Å². The number of nitrogens with zero attached hydrogens (tertiary/aromatic N) is 3. The minimum absolute atomic E-state index is 0.299. The van der Waals surface area contributed by atoms with E-state index in [9.17, 15) is 4.79 Å². The molecule has 2 aromatic rings. The molecule has 0 radical (unpaired) electrons. The third-order valence-corrected chi connectivity index (χ3v) is 2.67. The second-order valence-corrected chi connectivity index (χ2v) is 4.08. The first-order chi connectivity index (χ1) is 9.67. The van der Waals surface area contributed by atoms with Gasteiger partial charge in [0.25, 0.3) is 0 Å². The topological polar surface area (TPSA) is 97.3 Å². The summed E-state index contributed by atoms with van der Waals surface area (Å²) in [5.41, 5.74) is 7.51. The van der Waals surface area contributed by atoms with Crippen LogP contribution in [0.15, 0.2) is 29.3 Å². The average molecular weight is 274 g/mol. The standard InChI is InChI=1S/C13H18N6O/c1-3-15-11(14)19-10-8-6-5-7-9(10)17-12(19)18-13(20)16-4-2/h5-8H,3-4H2,1-2H3,(H2,14,15)(H2,16,17,18,20). The first-order valence-electron chi connectivity index (χ1n) is 6.50. The van der Waals surface area contributed by atoms with Crippen LogP contribution < -0.4 is 16.4 Å². The summed E-state index contributed by atoms with van der Waals surface area (Å²) in [6, 6.07) is 7.17. The predicted molar refractivity (Wildman–Crippen MR) is 80.0 cm³/mol. The number of anilines is 1. The van der Waals surface area contributed by atoms with Gasteiger partial charge in [0, 0.05) is 13.1 Å². The molecule has 0 atom stereocenters. The number of nitrogens with one attached hydrogen (secondary N) is 2. The van der Waals surface area contributed by atoms with Crippen molar-refractivity contribution < 1.29 is 4.79 Å². The molecule has 0 fully saturated rings. The van der Waals surface area contributed by atoms with Crippen molar-refractivity contribution in [2.45, 2.75) is 13.8 Å². The molecule has 7 nitrogen and oxygen atoms in total. The zero-order chi connectivity index (χ0) is 14.5. The third-order valence-electron chi connectivity index (χ3n) is 2.67. The van der Waals surface area contributed by atoms with E-state index < -0.39 is 0 Å². The second kappa shape index (κ2) is 6.05. The quantitative estimate of drug-likeness (QED) is 0.582. The van der Waals surface area contributed by atoms with Crippen LogP contribution in [0, 0.1) is 0 Å². The predicted octanol–water partition coefficient (Wildman–Crippen LogP) is 1.36. The van der Waals surface area contributed by atoms with Crippen LogP contribution in [0.1, 0.15) is 13.8 Å². The molecule has 0 aliphatic carbocycles. The molecule has 0 spiro atoms. The number of fused-ring (bicyclic) bond motifs is 1. The van der Waals surface area contributed by atoms with Crippen LogP contribution in [0.4, 0.5) is 10.7 Å². The van der Waals surface area contributed by atoms with Gasteiger partial charge >= 0.3 is 6.03 Å². The summed E-state index contributed by atoms with van der Waals surface area (Å²) < 4.78 is 1.63. The minimum atomic E-state index is -0.326. The molecule has 1 heterocycles. The number of hydrogen-bond acceptors (Lipinski definition) is 3. The molecule has 2 amide bonds. The van der Waals surface area contributed by atoms with Crippen LogP contribution in [-0.4, -0.2) is 34.6 Å². The maximum atomic E-state index is 11.7. The smallest absolute Gasteiger partial charge is 0.321 e. The first-order valence-corrected chi connectivity index (χ1v) is 6.50. The number of imidazole rings is 1. The van der Waals surface area contributed by atoms with Gasteiger partial charge in [-0.2, -0.15) is 0 Å². The normalized spacial score (nSPS) is 11.6. The Morgan fingerprint density at radius 1 is 1.40 bits per heavy atom. The van der Waals surface area contributed by atoms with Gasteiger partial charge in [0.1, 0.15) is 0 Å². The van der Waals surface area contributed by atoms with Crippen molar-refractivity contribution in [2.24, 2.45) is 10.7 Å². The van der Waals surface area contributed by atoms with Crippen LogP contribution in [0.2, 0.25) is 0 Å². The fourth-order valence-corrected chi connectivity index (χ4v) is 1.88. The van der Waals surface area contributed by atoms with E-state index in [1.165, 1.54) is 0 Å². The number of aliphatic imine (C=N–C) groups is 1. The molecule has 0 unspecified atom stereocenters. The molecule has 0 aliphatic heterocycles. The molecule has 1 aromatic heterocycles. The van der Waals surface area contributed by atoms with Crippen molar-refractivity contribution in [1.29, 1.82) is 0 Å². The summed E-state index contributed by atoms with van der Waals surface area (Å²) in [4.78, 5) is 20.2. The van der Waals surface area contributed by atoms with Gasteiger partial charge in [-0.3, -0.25) is 10.3 Å². The minimum Gasteiger partial charge on any atom is -0.369 e. The molecule has 2 rings (SSSR count). The van der Waals surface area contributed by atoms with Crippen LogP contribution in [0.3, 0.4) is 0 Å². The zero-order valence-corrected chi connectivity index (χ0v) is 11.6. The highest BCUT2D eigenvalue weighted by atomic mass is 16.2. The van der Waals surface area contributed by atoms with E-state index in [4.69, 9.17) is 5.73 Å². The lowest BCUT2D eigenvalue weighted by Crippen LogP contribution is -2.32. The molecule has 106 valence electrons. The number of amides is 2. The number of hydrogen-bond donors (Lipinski definition) is 3. The van der Waals surface area contributed by atoms with Gasteiger partial charge < -0.3 is 11.1 Å². The second-order valence-electron chi connectivity index (χ2n) is 4.08. The Kier molecular flexibility index (Phi) is 4.19. The molecule has 7 heteroatoms. The van der Waals surface area contributed by atoms with Crippen molar-refractivity contribution in [1.82, 2.24) is 14.9 Å². The summed E-state index contributed by atoms with van der Waals surface area (Å²) in [7, 11) is 0. The zero-order valence-electron chi connectivity index (χ0n) is 11.6. The van der Waals surface area contributed by atoms with E-state index in [-0.39, 0.29) is 6.03 Å². The fraction of sp³-hybridized carbons (Fsp3) is 0.308. The third kappa shape index (κ3) is 2.71. The summed E-state index contributed by atoms with van der Waals surface area (Å²) >= 11 is 0. The highest BCUT2D eigenvalue weighted by molar-refractivity contribution is 5.98. The number of rotatable bonds is 3. The number of para-hydroxylation sites is 2. The fourth-order valence-electron chi connectivity index (χ4n) is 1.88. The first kappa shape index (κ1) is 13.9. The molecular weight excluding hydrogens is 256 g/mol. The summed E-state index contributed by atoms with van der Waals surface area (Å²) in [6.07, 6.45) is 0. The lowest BCUT2D eigenvalue weighted by Gasteiger charge is -2.09. The maximum Gasteiger partial charge on any atom is 0.321 e. The van der Waals surface area contributed by atoms with E-state index in [0.717, 1.165) is 11.0 Å². The number of urea groups is 1. The largest absolute Gasteiger partial charge is 0.369 e. The number of carbonyl (C=O) groups excluding carboxylic acids is 1. The molecule has 1 aromatic carbocycles. The van der Waals surface area contributed by atoms with Crippen LogP contribution in [0.5, 0.6) is 0 Å². The van der Waals surface area contributed by atoms with Crippen LogP contribution >= 0.6 is 0 Å². The van der Waals surface area contributed by atoms with Crippen LogP contribution in [-0.2, 0) is 0 Å². The number of carbonyl (C=O) groups is 1. The monoisotopic (exact) mass is 274 g/mol. The Balaban J connectivity index is 2.49. The van der Waals surface area contributed by atoms with Crippen molar-refractivity contribution in [3.63, 3.8) is 0 Å². The summed E-state index contributed by atoms with van der Waals surface area (Å²) in [5, 5.41) is 5.33. The molecule has 0 bridgehead atoms. The van der Waals surface area contributed by atoms with E-state index >= 15 is 0 Å². The highest BCUT2D eigenvalue weighted by Gasteiger charge is 2.14. The molecule has 0 saturated heterocycles. The molecule has 0 aliphatic rings. The van der Waals surface area contributed by atoms with Gasteiger partial charge in [0.05, 0.1) is 11.0 Å². The molecule has 20 heavy (non-hydrogen) atoms. The van der Waals surface area contributed by atoms with Crippen molar-refractivity contribution in [3.05, 3.63) is 24.3 Å². The Bertz CT molecular complexity index is 645. The SMILES string of the molecule is CCN=C(N)n1c(NC(=O)NCC)nc2ccccc21. The molecular formula is C13H18N6O. The van der Waals surface area contributed by atoms with E-state index in [1.54, 1.807) is 4.57 Å². The Hall–Kier alpha value is -2.57. The van der Waals surface area contributed by atoms with Crippen LogP contribution in [0.25, 0.3) is 11.0 Å². The van der Waals surface area contributed by atoms with Gasteiger partial charge in [0.15, 0.2) is 0 Å². The van der Waals surface area contributed by atoms with Crippen molar-refractivity contribution >= 4 is 29.0 Å².